The highest BCUT2D eigenvalue weighted by Gasteiger charge is 2.21. The third-order valence-electron chi connectivity index (χ3n) is 2.46. The van der Waals surface area contributed by atoms with Gasteiger partial charge in [0.25, 0.3) is 5.91 Å². The summed E-state index contributed by atoms with van der Waals surface area (Å²) in [4.78, 5) is 11.8. The fraction of sp³-hybridized carbons (Fsp3) is 0.545. The number of carbonyl (C=O) groups excluding carboxylic acids is 1. The lowest BCUT2D eigenvalue weighted by Gasteiger charge is -2.20. The van der Waals surface area contributed by atoms with Gasteiger partial charge in [-0.25, -0.2) is 0 Å². The molecule has 5 N–H and O–H groups in total. The third kappa shape index (κ3) is 3.47. The number of aromatic nitrogens is 1. The van der Waals surface area contributed by atoms with Crippen LogP contribution in [0.25, 0.3) is 0 Å². The van der Waals surface area contributed by atoms with E-state index in [4.69, 9.17) is 10.8 Å². The van der Waals surface area contributed by atoms with Crippen LogP contribution in [0.2, 0.25) is 0 Å². The summed E-state index contributed by atoms with van der Waals surface area (Å²) in [6.45, 7) is 3.55. The molecular weight excluding hydrogens is 222 g/mol. The monoisotopic (exact) mass is 241 g/mol. The number of nitrogens with two attached hydrogens (primary N) is 1. The molecule has 0 aliphatic heterocycles. The van der Waals surface area contributed by atoms with E-state index in [0.29, 0.717) is 17.9 Å². The van der Waals surface area contributed by atoms with E-state index in [2.05, 4.69) is 5.32 Å². The van der Waals surface area contributed by atoms with Crippen molar-refractivity contribution in [3.63, 3.8) is 0 Å². The molecule has 0 aliphatic carbocycles. The highest BCUT2D eigenvalue weighted by Crippen LogP contribution is 2.10. The minimum absolute atomic E-state index is 0.0167. The van der Waals surface area contributed by atoms with Gasteiger partial charge in [-0.05, 0) is 19.9 Å². The van der Waals surface area contributed by atoms with Gasteiger partial charge in [0.2, 0.25) is 0 Å². The Bertz CT molecular complexity index is 399. The van der Waals surface area contributed by atoms with Gasteiger partial charge in [-0.1, -0.05) is 0 Å². The number of hydrogen-bond acceptors (Lipinski definition) is 4. The van der Waals surface area contributed by atoms with Gasteiger partial charge in [-0.3, -0.25) is 4.79 Å². The summed E-state index contributed by atoms with van der Waals surface area (Å²) in [5, 5.41) is 21.0. The Hall–Kier alpha value is -1.53. The molecular formula is C11H19N3O3. The summed E-state index contributed by atoms with van der Waals surface area (Å²) in [6, 6.07) is 1.58. The topological polar surface area (TPSA) is 101 Å². The maximum absolute atomic E-state index is 11.8. The average Bonchev–Trinajstić information content (AvgIpc) is 2.67. The second-order valence-corrected chi connectivity index (χ2v) is 4.28. The number of nitrogens with zero attached hydrogens (tertiary/aromatic N) is 1. The normalized spacial score (nSPS) is 14.4. The van der Waals surface area contributed by atoms with Gasteiger partial charge < -0.3 is 25.8 Å². The number of nitrogen functional groups attached to an aromatic ring is 1. The minimum Gasteiger partial charge on any atom is -0.397 e. The molecule has 0 aliphatic rings. The lowest BCUT2D eigenvalue weighted by Crippen LogP contribution is -2.43. The predicted octanol–water partition coefficient (Wildman–Crippen LogP) is -0.437. The van der Waals surface area contributed by atoms with E-state index >= 15 is 0 Å². The lowest BCUT2D eigenvalue weighted by atomic mass is 10.1. The van der Waals surface area contributed by atoms with Gasteiger partial charge in [0.05, 0.1) is 12.3 Å². The molecule has 96 valence electrons. The number of nitrogens with one attached hydrogen (secondary N) is 1. The molecule has 1 unspecified atom stereocenters. The second kappa shape index (κ2) is 5.20. The summed E-state index contributed by atoms with van der Waals surface area (Å²) < 4.78 is 1.72. The zero-order valence-corrected chi connectivity index (χ0v) is 10.1. The smallest absolute Gasteiger partial charge is 0.268 e. The largest absolute Gasteiger partial charge is 0.397 e. The van der Waals surface area contributed by atoms with Crippen LogP contribution in [0.4, 0.5) is 5.69 Å². The number of amides is 1. The van der Waals surface area contributed by atoms with E-state index in [0.717, 1.165) is 0 Å². The highest BCUT2D eigenvalue weighted by molar-refractivity contribution is 5.93. The van der Waals surface area contributed by atoms with Crippen molar-refractivity contribution in [2.24, 2.45) is 0 Å². The highest BCUT2D eigenvalue weighted by atomic mass is 16.3. The van der Waals surface area contributed by atoms with Crippen LogP contribution in [0.3, 0.4) is 0 Å². The van der Waals surface area contributed by atoms with Crippen LogP contribution in [-0.2, 0) is 6.54 Å². The summed E-state index contributed by atoms with van der Waals surface area (Å²) in [5.41, 5.74) is 5.26. The van der Waals surface area contributed by atoms with Gasteiger partial charge >= 0.3 is 0 Å². The molecule has 1 amide bonds. The van der Waals surface area contributed by atoms with E-state index in [1.807, 2.05) is 6.92 Å². The van der Waals surface area contributed by atoms with Crippen molar-refractivity contribution in [2.45, 2.75) is 26.0 Å². The third-order valence-corrected chi connectivity index (χ3v) is 2.46. The fourth-order valence-corrected chi connectivity index (χ4v) is 1.40. The van der Waals surface area contributed by atoms with Gasteiger partial charge in [0, 0.05) is 19.3 Å². The number of aliphatic hydroxyl groups is 2. The van der Waals surface area contributed by atoms with E-state index in [1.165, 1.54) is 6.92 Å². The molecule has 0 radical (unpaired) electrons. The molecule has 0 aromatic carbocycles. The van der Waals surface area contributed by atoms with Gasteiger partial charge in [-0.2, -0.15) is 0 Å². The molecule has 1 rings (SSSR count). The minimum atomic E-state index is -1.31. The fourth-order valence-electron chi connectivity index (χ4n) is 1.40. The van der Waals surface area contributed by atoms with Crippen molar-refractivity contribution in [1.82, 2.24) is 9.88 Å². The number of anilines is 1. The van der Waals surface area contributed by atoms with E-state index in [1.54, 1.807) is 16.8 Å². The van der Waals surface area contributed by atoms with Crippen molar-refractivity contribution in [2.75, 3.05) is 18.9 Å². The maximum Gasteiger partial charge on any atom is 0.268 e. The van der Waals surface area contributed by atoms with Gasteiger partial charge in [0.15, 0.2) is 0 Å². The summed E-state index contributed by atoms with van der Waals surface area (Å²) in [6.07, 6.45) is 1.68. The van der Waals surface area contributed by atoms with Crippen LogP contribution < -0.4 is 11.1 Å². The number of hydrogen-bond donors (Lipinski definition) is 4. The standard InChI is InChI=1S/C11H19N3O3/c1-3-14-5-8(12)4-9(14)10(16)13-6-11(2,17)7-15/h4-5,15,17H,3,6-7,12H2,1-2H3,(H,13,16). The second-order valence-electron chi connectivity index (χ2n) is 4.28. The molecule has 1 heterocycles. The number of rotatable bonds is 5. The average molecular weight is 241 g/mol. The van der Waals surface area contributed by atoms with Crippen molar-refractivity contribution < 1.29 is 15.0 Å². The molecule has 0 fully saturated rings. The zero-order chi connectivity index (χ0) is 13.1. The zero-order valence-electron chi connectivity index (χ0n) is 10.1. The van der Waals surface area contributed by atoms with Crippen LogP contribution in [0.5, 0.6) is 0 Å². The van der Waals surface area contributed by atoms with Gasteiger partial charge in [-0.15, -0.1) is 0 Å². The van der Waals surface area contributed by atoms with Crippen LogP contribution in [0, 0.1) is 0 Å². The van der Waals surface area contributed by atoms with E-state index < -0.39 is 12.2 Å². The first-order chi connectivity index (χ1) is 7.89. The van der Waals surface area contributed by atoms with Crippen molar-refractivity contribution >= 4 is 11.6 Å². The van der Waals surface area contributed by atoms with Crippen LogP contribution >= 0.6 is 0 Å². The van der Waals surface area contributed by atoms with E-state index in [-0.39, 0.29) is 12.5 Å². The molecule has 1 atom stereocenters. The Morgan fingerprint density at radius 3 is 2.82 bits per heavy atom. The Balaban J connectivity index is 2.70. The summed E-state index contributed by atoms with van der Waals surface area (Å²) in [5.74, 6) is -0.322. The Kier molecular flexibility index (Phi) is 4.14. The van der Waals surface area contributed by atoms with Crippen LogP contribution in [0.15, 0.2) is 12.3 Å². The van der Waals surface area contributed by atoms with Crippen molar-refractivity contribution in [3.8, 4) is 0 Å². The lowest BCUT2D eigenvalue weighted by molar-refractivity contribution is 0.00313. The molecule has 6 heteroatoms. The molecule has 0 saturated carbocycles. The van der Waals surface area contributed by atoms with E-state index in [9.17, 15) is 9.90 Å². The first-order valence-corrected chi connectivity index (χ1v) is 5.46. The number of aliphatic hydroxyl groups excluding tert-OH is 1. The number of carbonyl (C=O) groups is 1. The summed E-state index contributed by atoms with van der Waals surface area (Å²) in [7, 11) is 0. The maximum atomic E-state index is 11.8. The Morgan fingerprint density at radius 1 is 1.65 bits per heavy atom. The molecule has 0 saturated heterocycles. The molecule has 1 aromatic heterocycles. The number of aryl methyl sites for hydroxylation is 1. The summed E-state index contributed by atoms with van der Waals surface area (Å²) >= 11 is 0. The van der Waals surface area contributed by atoms with Crippen molar-refractivity contribution in [3.05, 3.63) is 18.0 Å². The van der Waals surface area contributed by atoms with Crippen molar-refractivity contribution in [1.29, 1.82) is 0 Å². The molecule has 1 aromatic rings. The molecule has 17 heavy (non-hydrogen) atoms. The Labute approximate surface area is 100 Å². The van der Waals surface area contributed by atoms with Crippen LogP contribution in [0.1, 0.15) is 24.3 Å². The molecule has 6 nitrogen and oxygen atoms in total. The van der Waals surface area contributed by atoms with Crippen LogP contribution in [-0.4, -0.2) is 39.4 Å². The Morgan fingerprint density at radius 2 is 2.29 bits per heavy atom. The quantitative estimate of drug-likeness (QED) is 0.561. The molecule has 0 spiro atoms. The first kappa shape index (κ1) is 13.5. The predicted molar refractivity (Wildman–Crippen MR) is 64.6 cm³/mol. The molecule has 0 bridgehead atoms. The first-order valence-electron chi connectivity index (χ1n) is 5.46. The van der Waals surface area contributed by atoms with Gasteiger partial charge in [0.1, 0.15) is 11.3 Å². The SMILES string of the molecule is CCn1cc(N)cc1C(=O)NCC(C)(O)CO.